The van der Waals surface area contributed by atoms with Gasteiger partial charge in [0.2, 0.25) is 5.89 Å². The van der Waals surface area contributed by atoms with E-state index in [2.05, 4.69) is 25.9 Å². The molecule has 1 aliphatic rings. The van der Waals surface area contributed by atoms with Crippen LogP contribution in [0.2, 0.25) is 0 Å². The number of piperazine rings is 1. The highest BCUT2D eigenvalue weighted by molar-refractivity contribution is 5.98. The number of halogens is 4. The third-order valence-corrected chi connectivity index (χ3v) is 6.39. The molecule has 10 nitrogen and oxygen atoms in total. The van der Waals surface area contributed by atoms with Crippen molar-refractivity contribution in [2.75, 3.05) is 38.2 Å². The maximum absolute atomic E-state index is 14.1. The van der Waals surface area contributed by atoms with E-state index in [-0.39, 0.29) is 71.6 Å². The van der Waals surface area contributed by atoms with Crippen LogP contribution in [0.4, 0.5) is 23.4 Å². The van der Waals surface area contributed by atoms with E-state index in [0.717, 1.165) is 12.3 Å². The van der Waals surface area contributed by atoms with Crippen LogP contribution in [0.1, 0.15) is 28.0 Å². The van der Waals surface area contributed by atoms with Gasteiger partial charge in [0.1, 0.15) is 29.3 Å². The number of terminal acetylenes is 1. The number of hydrogen-bond acceptors (Lipinski definition) is 9. The summed E-state index contributed by atoms with van der Waals surface area (Å²) in [7, 11) is 1.31. The average molecular weight is 555 g/mol. The quantitative estimate of drug-likeness (QED) is 0.291. The van der Waals surface area contributed by atoms with Gasteiger partial charge in [-0.2, -0.15) is 13.2 Å². The number of rotatable bonds is 5. The second-order valence-corrected chi connectivity index (χ2v) is 8.76. The maximum atomic E-state index is 14.1. The second kappa shape index (κ2) is 10.4. The molecule has 1 fully saturated rings. The zero-order chi connectivity index (χ0) is 28.6. The SMILES string of the molecule is C#C[C@H](N)c1oc(-c2ccc(OC)c3nc(C(F)(F)F)ccc23)nc1C(=O)N1CCN(c2ncncc2F)CC1. The van der Waals surface area contributed by atoms with Crippen LogP contribution in [-0.2, 0) is 6.18 Å². The Hall–Kier alpha value is -4.77. The first-order valence-electron chi connectivity index (χ1n) is 11.9. The molecular formula is C26H21F4N7O3. The standard InChI is InChI=1S/C26H21F4N7O3/c1-3-17(31)22-21(25(38)37-10-8-36(9-11-37)23-16(27)12-32-13-33-23)35-24(40-22)15-4-6-18(39-2)20-14(15)5-7-19(34-20)26(28,29)30/h1,4-7,12-13,17H,8-11,31H2,2H3/t17-/m0/s1. The minimum absolute atomic E-state index is 0.0724. The summed E-state index contributed by atoms with van der Waals surface area (Å²) in [4.78, 5) is 32.4. The van der Waals surface area contributed by atoms with Crippen LogP contribution in [0.3, 0.4) is 0 Å². The van der Waals surface area contributed by atoms with E-state index in [9.17, 15) is 22.4 Å². The molecule has 0 bridgehead atoms. The van der Waals surface area contributed by atoms with Crippen molar-refractivity contribution in [3.63, 3.8) is 0 Å². The van der Waals surface area contributed by atoms with Crippen LogP contribution in [0.25, 0.3) is 22.4 Å². The van der Waals surface area contributed by atoms with Gasteiger partial charge in [0, 0.05) is 37.1 Å². The van der Waals surface area contributed by atoms with E-state index < -0.39 is 29.6 Å². The zero-order valence-corrected chi connectivity index (χ0v) is 20.9. The van der Waals surface area contributed by atoms with Crippen molar-refractivity contribution in [1.82, 2.24) is 24.8 Å². The number of carbonyl (C=O) groups excluding carboxylic acids is 1. The van der Waals surface area contributed by atoms with Gasteiger partial charge < -0.3 is 24.7 Å². The summed E-state index contributed by atoms with van der Waals surface area (Å²) >= 11 is 0. The van der Waals surface area contributed by atoms with Crippen molar-refractivity contribution < 1.29 is 31.5 Å². The summed E-state index contributed by atoms with van der Waals surface area (Å²) in [5.41, 5.74) is 4.98. The maximum Gasteiger partial charge on any atom is 0.433 e. The molecule has 1 saturated heterocycles. The van der Waals surface area contributed by atoms with E-state index in [1.165, 1.54) is 36.5 Å². The fourth-order valence-corrected chi connectivity index (χ4v) is 4.40. The van der Waals surface area contributed by atoms with E-state index in [0.29, 0.717) is 0 Å². The van der Waals surface area contributed by atoms with Crippen molar-refractivity contribution in [3.8, 4) is 29.5 Å². The van der Waals surface area contributed by atoms with E-state index in [4.69, 9.17) is 21.3 Å². The minimum atomic E-state index is -4.67. The molecule has 2 N–H and O–H groups in total. The summed E-state index contributed by atoms with van der Waals surface area (Å²) in [6.07, 6.45) is 3.14. The topological polar surface area (TPSA) is 124 Å². The number of methoxy groups -OCH3 is 1. The molecule has 4 aromatic rings. The lowest BCUT2D eigenvalue weighted by Gasteiger charge is -2.35. The number of benzene rings is 1. The Morgan fingerprint density at radius 3 is 2.58 bits per heavy atom. The van der Waals surface area contributed by atoms with Gasteiger partial charge in [-0.3, -0.25) is 4.79 Å². The second-order valence-electron chi connectivity index (χ2n) is 8.76. The van der Waals surface area contributed by atoms with Gasteiger partial charge in [-0.1, -0.05) is 5.92 Å². The molecule has 0 unspecified atom stereocenters. The molecule has 0 spiro atoms. The van der Waals surface area contributed by atoms with Gasteiger partial charge in [0.05, 0.1) is 13.3 Å². The Labute approximate surface area is 224 Å². The van der Waals surface area contributed by atoms with Gasteiger partial charge in [0.25, 0.3) is 5.91 Å². The van der Waals surface area contributed by atoms with Crippen LogP contribution in [0.15, 0.2) is 41.2 Å². The van der Waals surface area contributed by atoms with Crippen molar-refractivity contribution in [1.29, 1.82) is 0 Å². The van der Waals surface area contributed by atoms with Gasteiger partial charge >= 0.3 is 6.18 Å². The molecule has 14 heteroatoms. The summed E-state index contributed by atoms with van der Waals surface area (Å²) in [5, 5.41) is 0.244. The van der Waals surface area contributed by atoms with Gasteiger partial charge in [-0.05, 0) is 24.3 Å². The molecule has 4 heterocycles. The third-order valence-electron chi connectivity index (χ3n) is 6.39. The van der Waals surface area contributed by atoms with E-state index in [1.54, 1.807) is 4.90 Å². The molecule has 1 aliphatic heterocycles. The number of amides is 1. The average Bonchev–Trinajstić information content (AvgIpc) is 3.40. The summed E-state index contributed by atoms with van der Waals surface area (Å²) < 4.78 is 65.2. The van der Waals surface area contributed by atoms with E-state index in [1.807, 2.05) is 0 Å². The first kappa shape index (κ1) is 26.8. The zero-order valence-electron chi connectivity index (χ0n) is 20.9. The van der Waals surface area contributed by atoms with E-state index >= 15 is 0 Å². The number of ether oxygens (including phenoxy) is 1. The van der Waals surface area contributed by atoms with Crippen LogP contribution in [0, 0.1) is 18.2 Å². The van der Waals surface area contributed by atoms with Crippen molar-refractivity contribution in [3.05, 3.63) is 59.8 Å². The van der Waals surface area contributed by atoms with Crippen LogP contribution in [-0.4, -0.2) is 64.0 Å². The lowest BCUT2D eigenvalue weighted by atomic mass is 10.1. The highest BCUT2D eigenvalue weighted by Gasteiger charge is 2.34. The molecule has 1 aromatic carbocycles. The fourth-order valence-electron chi connectivity index (χ4n) is 4.40. The molecular weight excluding hydrogens is 534 g/mol. The predicted octanol–water partition coefficient (Wildman–Crippen LogP) is 3.44. The molecule has 1 amide bonds. The highest BCUT2D eigenvalue weighted by atomic mass is 19.4. The number of anilines is 1. The Kier molecular flexibility index (Phi) is 6.99. The Bertz CT molecular complexity index is 1630. The minimum Gasteiger partial charge on any atom is -0.494 e. The number of nitrogens with zero attached hydrogens (tertiary/aromatic N) is 6. The van der Waals surface area contributed by atoms with Crippen molar-refractivity contribution >= 4 is 22.6 Å². The number of aromatic nitrogens is 4. The third kappa shape index (κ3) is 4.87. The summed E-state index contributed by atoms with van der Waals surface area (Å²) in [6, 6.07) is 3.87. The van der Waals surface area contributed by atoms with Gasteiger partial charge in [0.15, 0.2) is 23.1 Å². The van der Waals surface area contributed by atoms with Crippen LogP contribution >= 0.6 is 0 Å². The van der Waals surface area contributed by atoms with Gasteiger partial charge in [-0.25, -0.2) is 24.3 Å². The molecule has 5 rings (SSSR count). The number of fused-ring (bicyclic) bond motifs is 1. The fraction of sp³-hybridized carbons (Fsp3) is 0.269. The predicted molar refractivity (Wildman–Crippen MR) is 135 cm³/mol. The summed E-state index contributed by atoms with van der Waals surface area (Å²) in [5.74, 6) is 1.30. The normalized spacial score (nSPS) is 14.7. The molecule has 1 atom stereocenters. The highest BCUT2D eigenvalue weighted by Crippen LogP contribution is 2.37. The Morgan fingerprint density at radius 2 is 1.93 bits per heavy atom. The number of carbonyl (C=O) groups is 1. The first-order valence-corrected chi connectivity index (χ1v) is 11.9. The lowest BCUT2D eigenvalue weighted by molar-refractivity contribution is -0.140. The molecule has 206 valence electrons. The molecule has 40 heavy (non-hydrogen) atoms. The Morgan fingerprint density at radius 1 is 1.18 bits per heavy atom. The monoisotopic (exact) mass is 555 g/mol. The molecule has 0 radical (unpaired) electrons. The van der Waals surface area contributed by atoms with Crippen molar-refractivity contribution in [2.24, 2.45) is 5.73 Å². The first-order chi connectivity index (χ1) is 19.1. The molecule has 3 aromatic heterocycles. The van der Waals surface area contributed by atoms with Crippen LogP contribution < -0.4 is 15.4 Å². The summed E-state index contributed by atoms with van der Waals surface area (Å²) in [6.45, 7) is 1.00. The Balaban J connectivity index is 1.50. The molecule has 0 saturated carbocycles. The molecule has 0 aliphatic carbocycles. The number of hydrogen-bond donors (Lipinski definition) is 1. The van der Waals surface area contributed by atoms with Crippen LogP contribution in [0.5, 0.6) is 5.75 Å². The number of oxazole rings is 1. The largest absolute Gasteiger partial charge is 0.494 e. The van der Waals surface area contributed by atoms with Crippen molar-refractivity contribution in [2.45, 2.75) is 12.2 Å². The number of alkyl halides is 3. The lowest BCUT2D eigenvalue weighted by Crippen LogP contribution is -2.49. The van der Waals surface area contributed by atoms with Gasteiger partial charge in [-0.15, -0.1) is 6.42 Å². The number of pyridine rings is 1. The number of nitrogens with two attached hydrogens (primary N) is 1. The smallest absolute Gasteiger partial charge is 0.433 e.